The molecule has 114 valence electrons. The molecule has 1 rings (SSSR count). The van der Waals surface area contributed by atoms with Crippen molar-refractivity contribution in [2.75, 3.05) is 26.3 Å². The minimum absolute atomic E-state index is 0.107. The summed E-state index contributed by atoms with van der Waals surface area (Å²) in [7, 11) is 0. The van der Waals surface area contributed by atoms with E-state index in [0.717, 1.165) is 26.3 Å². The van der Waals surface area contributed by atoms with Crippen molar-refractivity contribution in [3.63, 3.8) is 0 Å². The van der Waals surface area contributed by atoms with Crippen LogP contribution >= 0.6 is 0 Å². The number of nitrogens with zero attached hydrogens (tertiary/aromatic N) is 1. The van der Waals surface area contributed by atoms with E-state index < -0.39 is 0 Å². The molecule has 3 heteroatoms. The van der Waals surface area contributed by atoms with Crippen LogP contribution in [0, 0.1) is 0 Å². The Kier molecular flexibility index (Phi) is 6.78. The Morgan fingerprint density at radius 1 is 1.21 bits per heavy atom. The molecular weight excluding hydrogens is 236 g/mol. The van der Waals surface area contributed by atoms with Crippen molar-refractivity contribution in [1.82, 2.24) is 4.90 Å². The maximum Gasteiger partial charge on any atom is 0.0645 e. The fourth-order valence-corrected chi connectivity index (χ4v) is 3.32. The lowest BCUT2D eigenvalue weighted by atomic mass is 9.86. The van der Waals surface area contributed by atoms with Gasteiger partial charge in [-0.05, 0) is 27.2 Å². The van der Waals surface area contributed by atoms with E-state index in [1.807, 2.05) is 0 Å². The van der Waals surface area contributed by atoms with Crippen LogP contribution in [0.5, 0.6) is 0 Å². The third-order valence-electron chi connectivity index (χ3n) is 4.56. The van der Waals surface area contributed by atoms with Gasteiger partial charge in [-0.3, -0.25) is 4.90 Å². The highest BCUT2D eigenvalue weighted by Gasteiger charge is 2.41. The molecule has 1 saturated heterocycles. The molecule has 19 heavy (non-hydrogen) atoms. The normalized spacial score (nSPS) is 23.2. The Labute approximate surface area is 119 Å². The molecule has 0 amide bonds. The summed E-state index contributed by atoms with van der Waals surface area (Å²) in [4.78, 5) is 2.59. The topological polar surface area (TPSA) is 38.5 Å². The molecule has 0 bridgehead atoms. The summed E-state index contributed by atoms with van der Waals surface area (Å²) in [6.07, 6.45) is 7.88. The first-order valence-electron chi connectivity index (χ1n) is 8.02. The van der Waals surface area contributed by atoms with Gasteiger partial charge in [-0.25, -0.2) is 0 Å². The van der Waals surface area contributed by atoms with E-state index in [1.165, 1.54) is 38.5 Å². The van der Waals surface area contributed by atoms with Gasteiger partial charge in [0.15, 0.2) is 0 Å². The van der Waals surface area contributed by atoms with Gasteiger partial charge in [0.1, 0.15) is 0 Å². The Morgan fingerprint density at radius 3 is 2.47 bits per heavy atom. The monoisotopic (exact) mass is 270 g/mol. The zero-order valence-electron chi connectivity index (χ0n) is 13.5. The second kappa shape index (κ2) is 7.61. The van der Waals surface area contributed by atoms with Gasteiger partial charge in [-0.1, -0.05) is 39.0 Å². The molecule has 0 aliphatic carbocycles. The number of unbranched alkanes of at least 4 members (excludes halogenated alkanes) is 4. The van der Waals surface area contributed by atoms with Crippen molar-refractivity contribution in [2.24, 2.45) is 5.73 Å². The molecule has 1 aliphatic rings. The predicted molar refractivity (Wildman–Crippen MR) is 82.4 cm³/mol. The predicted octanol–water partition coefficient (Wildman–Crippen LogP) is 3.18. The molecule has 3 nitrogen and oxygen atoms in total. The van der Waals surface area contributed by atoms with Gasteiger partial charge in [0.2, 0.25) is 0 Å². The largest absolute Gasteiger partial charge is 0.378 e. The molecule has 1 atom stereocenters. The van der Waals surface area contributed by atoms with E-state index >= 15 is 0 Å². The summed E-state index contributed by atoms with van der Waals surface area (Å²) < 4.78 is 5.63. The molecule has 0 aromatic rings. The van der Waals surface area contributed by atoms with Crippen LogP contribution in [0.4, 0.5) is 0 Å². The molecule has 1 heterocycles. The molecule has 1 fully saturated rings. The van der Waals surface area contributed by atoms with Crippen molar-refractivity contribution in [3.8, 4) is 0 Å². The van der Waals surface area contributed by atoms with Crippen LogP contribution in [0.3, 0.4) is 0 Å². The van der Waals surface area contributed by atoms with Gasteiger partial charge < -0.3 is 10.5 Å². The Morgan fingerprint density at radius 2 is 1.89 bits per heavy atom. The first kappa shape index (κ1) is 16.9. The molecule has 0 radical (unpaired) electrons. The second-order valence-electron chi connectivity index (χ2n) is 6.88. The molecule has 1 aliphatic heterocycles. The van der Waals surface area contributed by atoms with Gasteiger partial charge in [0.25, 0.3) is 0 Å². The summed E-state index contributed by atoms with van der Waals surface area (Å²) in [5.74, 6) is 0. The summed E-state index contributed by atoms with van der Waals surface area (Å²) in [6, 6.07) is 0. The van der Waals surface area contributed by atoms with Crippen LogP contribution in [0.15, 0.2) is 0 Å². The van der Waals surface area contributed by atoms with Crippen molar-refractivity contribution in [2.45, 2.75) is 77.3 Å². The number of hydrogen-bond donors (Lipinski definition) is 1. The van der Waals surface area contributed by atoms with Crippen LogP contribution < -0.4 is 5.73 Å². The lowest BCUT2D eigenvalue weighted by Crippen LogP contribution is -2.64. The molecule has 2 N–H and O–H groups in total. The first-order chi connectivity index (χ1) is 8.96. The zero-order chi connectivity index (χ0) is 14.4. The fourth-order valence-electron chi connectivity index (χ4n) is 3.32. The maximum absolute atomic E-state index is 6.12. The van der Waals surface area contributed by atoms with Crippen molar-refractivity contribution in [1.29, 1.82) is 0 Å². The molecule has 0 aromatic heterocycles. The van der Waals surface area contributed by atoms with Gasteiger partial charge in [0.05, 0.1) is 13.2 Å². The van der Waals surface area contributed by atoms with Gasteiger partial charge in [-0.15, -0.1) is 0 Å². The van der Waals surface area contributed by atoms with E-state index in [1.54, 1.807) is 0 Å². The third kappa shape index (κ3) is 4.73. The average Bonchev–Trinajstić information content (AvgIpc) is 2.37. The lowest BCUT2D eigenvalue weighted by Gasteiger charge is -2.52. The van der Waals surface area contributed by atoms with E-state index in [9.17, 15) is 0 Å². The fraction of sp³-hybridized carbons (Fsp3) is 1.00. The molecular formula is C16H34N2O. The quantitative estimate of drug-likeness (QED) is 0.689. The summed E-state index contributed by atoms with van der Waals surface area (Å²) >= 11 is 0. The molecule has 0 saturated carbocycles. The van der Waals surface area contributed by atoms with Crippen LogP contribution in [0.1, 0.15) is 66.2 Å². The smallest absolute Gasteiger partial charge is 0.0645 e. The highest BCUT2D eigenvalue weighted by molar-refractivity contribution is 4.97. The third-order valence-corrected chi connectivity index (χ3v) is 4.56. The minimum Gasteiger partial charge on any atom is -0.378 e. The number of nitrogens with two attached hydrogens (primary N) is 1. The van der Waals surface area contributed by atoms with Gasteiger partial charge in [0, 0.05) is 24.2 Å². The summed E-state index contributed by atoms with van der Waals surface area (Å²) in [5.41, 5.74) is 6.35. The van der Waals surface area contributed by atoms with E-state index in [-0.39, 0.29) is 11.1 Å². The van der Waals surface area contributed by atoms with Crippen LogP contribution in [-0.2, 0) is 4.74 Å². The minimum atomic E-state index is 0.107. The number of ether oxygens (including phenoxy) is 1. The van der Waals surface area contributed by atoms with E-state index in [2.05, 4.69) is 32.6 Å². The van der Waals surface area contributed by atoms with Gasteiger partial charge >= 0.3 is 0 Å². The summed E-state index contributed by atoms with van der Waals surface area (Å²) in [6.45, 7) is 12.6. The molecule has 1 unspecified atom stereocenters. The van der Waals surface area contributed by atoms with Crippen molar-refractivity contribution < 1.29 is 4.74 Å². The van der Waals surface area contributed by atoms with Crippen LogP contribution in [-0.4, -0.2) is 42.3 Å². The molecule has 0 spiro atoms. The van der Waals surface area contributed by atoms with Crippen LogP contribution in [0.25, 0.3) is 0 Å². The number of hydrogen-bond acceptors (Lipinski definition) is 3. The van der Waals surface area contributed by atoms with E-state index in [0.29, 0.717) is 0 Å². The average molecular weight is 270 g/mol. The number of morpholine rings is 1. The first-order valence-corrected chi connectivity index (χ1v) is 8.02. The Hall–Kier alpha value is -0.120. The maximum atomic E-state index is 6.12. The van der Waals surface area contributed by atoms with E-state index in [4.69, 9.17) is 10.5 Å². The van der Waals surface area contributed by atoms with Crippen LogP contribution in [0.2, 0.25) is 0 Å². The standard InChI is InChI=1S/C16H34N2O/c1-5-6-7-8-9-10-16(4,13-17)18-11-12-19-14-15(18,2)3/h5-14,17H2,1-4H3. The zero-order valence-corrected chi connectivity index (χ0v) is 13.5. The summed E-state index contributed by atoms with van der Waals surface area (Å²) in [5, 5.41) is 0. The van der Waals surface area contributed by atoms with Crippen molar-refractivity contribution in [3.05, 3.63) is 0 Å². The SMILES string of the molecule is CCCCCCCC(C)(CN)N1CCOCC1(C)C. The highest BCUT2D eigenvalue weighted by Crippen LogP contribution is 2.31. The second-order valence-corrected chi connectivity index (χ2v) is 6.88. The lowest BCUT2D eigenvalue weighted by molar-refractivity contribution is -0.101. The molecule has 0 aromatic carbocycles. The number of rotatable bonds is 8. The van der Waals surface area contributed by atoms with Crippen molar-refractivity contribution >= 4 is 0 Å². The Balaban J connectivity index is 2.52. The van der Waals surface area contributed by atoms with Gasteiger partial charge in [-0.2, -0.15) is 0 Å². The highest BCUT2D eigenvalue weighted by atomic mass is 16.5. The Bertz CT molecular complexity index is 255.